The molecule has 1 aromatic rings. The van der Waals surface area contributed by atoms with E-state index < -0.39 is 6.10 Å². The molecule has 0 spiro atoms. The van der Waals surface area contributed by atoms with E-state index in [1.807, 2.05) is 32.0 Å². The van der Waals surface area contributed by atoms with Crippen molar-refractivity contribution in [2.24, 2.45) is 0 Å². The number of carbonyl (C=O) groups excluding carboxylic acids is 2. The Morgan fingerprint density at radius 2 is 2.12 bits per heavy atom. The molecule has 136 valence electrons. The molecule has 2 aliphatic rings. The van der Waals surface area contributed by atoms with E-state index in [1.54, 1.807) is 0 Å². The number of hydrogen-bond donors (Lipinski definition) is 3. The predicted molar refractivity (Wildman–Crippen MR) is 96.6 cm³/mol. The zero-order valence-corrected chi connectivity index (χ0v) is 14.9. The summed E-state index contributed by atoms with van der Waals surface area (Å²) in [6.07, 6.45) is 4.79. The smallest absolute Gasteiger partial charge is 0.265 e. The molecule has 2 atom stereocenters. The van der Waals surface area contributed by atoms with Gasteiger partial charge in [0, 0.05) is 12.1 Å². The Kier molecular flexibility index (Phi) is 5.58. The topological polar surface area (TPSA) is 79.5 Å². The number of fused-ring (bicyclic) bond motifs is 1. The quantitative estimate of drug-likeness (QED) is 0.740. The second kappa shape index (κ2) is 7.87. The molecular formula is C19H27N3O3. The number of amides is 2. The largest absolute Gasteiger partial charge is 0.478 e. The predicted octanol–water partition coefficient (Wildman–Crippen LogP) is 2.51. The molecule has 1 fully saturated rings. The molecule has 3 N–H and O–H groups in total. The first kappa shape index (κ1) is 17.7. The van der Waals surface area contributed by atoms with Crippen LogP contribution < -0.4 is 20.7 Å². The molecule has 1 aliphatic heterocycles. The number of anilines is 1. The standard InChI is InChI=1S/C19H27N3O3/c1-3-16-19(24)22-15-9-8-13(10-17(15)25-16)12(2)20-11-18(23)21-14-6-4-5-7-14/h8-10,12,14,16,20H,3-7,11H2,1-2H3,(H,21,23)(H,22,24)/t12-,16+/m0/s1. The SMILES string of the molecule is CC[C@H]1Oc2cc([C@H](C)NCC(=O)NC3CCCC3)ccc2NC1=O. The minimum absolute atomic E-state index is 0.0148. The van der Waals surface area contributed by atoms with Gasteiger partial charge in [-0.2, -0.15) is 0 Å². The van der Waals surface area contributed by atoms with Crippen molar-refractivity contribution in [3.05, 3.63) is 23.8 Å². The van der Waals surface area contributed by atoms with Gasteiger partial charge in [0.15, 0.2) is 6.10 Å². The molecule has 1 heterocycles. The van der Waals surface area contributed by atoms with Crippen LogP contribution in [0.4, 0.5) is 5.69 Å². The molecule has 2 amide bonds. The summed E-state index contributed by atoms with van der Waals surface area (Å²) in [6.45, 7) is 4.24. The number of rotatable bonds is 6. The van der Waals surface area contributed by atoms with Crippen LogP contribution in [0.3, 0.4) is 0 Å². The van der Waals surface area contributed by atoms with Gasteiger partial charge < -0.3 is 20.7 Å². The maximum absolute atomic E-state index is 12.0. The lowest BCUT2D eigenvalue weighted by Gasteiger charge is -2.26. The van der Waals surface area contributed by atoms with Crippen molar-refractivity contribution in [3.8, 4) is 5.75 Å². The third kappa shape index (κ3) is 4.31. The number of ether oxygens (including phenoxy) is 1. The molecule has 1 saturated carbocycles. The highest BCUT2D eigenvalue weighted by atomic mass is 16.5. The van der Waals surface area contributed by atoms with Crippen molar-refractivity contribution in [3.63, 3.8) is 0 Å². The number of carbonyl (C=O) groups is 2. The van der Waals surface area contributed by atoms with Gasteiger partial charge in [-0.1, -0.05) is 25.8 Å². The second-order valence-corrected chi connectivity index (χ2v) is 6.91. The average molecular weight is 345 g/mol. The van der Waals surface area contributed by atoms with Gasteiger partial charge in [0.1, 0.15) is 5.75 Å². The van der Waals surface area contributed by atoms with E-state index in [-0.39, 0.29) is 17.9 Å². The van der Waals surface area contributed by atoms with Crippen LogP contribution >= 0.6 is 0 Å². The van der Waals surface area contributed by atoms with E-state index in [4.69, 9.17) is 4.74 Å². The summed E-state index contributed by atoms with van der Waals surface area (Å²) in [5.41, 5.74) is 1.73. The van der Waals surface area contributed by atoms with Crippen molar-refractivity contribution in [2.75, 3.05) is 11.9 Å². The van der Waals surface area contributed by atoms with Gasteiger partial charge in [-0.25, -0.2) is 0 Å². The first-order valence-electron chi connectivity index (χ1n) is 9.21. The molecule has 6 heteroatoms. The minimum Gasteiger partial charge on any atom is -0.478 e. The fourth-order valence-corrected chi connectivity index (χ4v) is 3.41. The summed E-state index contributed by atoms with van der Waals surface area (Å²) in [5.74, 6) is 0.636. The molecule has 0 aromatic heterocycles. The summed E-state index contributed by atoms with van der Waals surface area (Å²) in [7, 11) is 0. The van der Waals surface area contributed by atoms with Gasteiger partial charge in [-0.05, 0) is 43.9 Å². The van der Waals surface area contributed by atoms with Crippen molar-refractivity contribution in [1.29, 1.82) is 0 Å². The normalized spacial score (nSPS) is 21.2. The van der Waals surface area contributed by atoms with E-state index in [1.165, 1.54) is 12.8 Å². The molecule has 0 radical (unpaired) electrons. The average Bonchev–Trinajstić information content (AvgIpc) is 3.11. The highest BCUT2D eigenvalue weighted by Crippen LogP contribution is 2.32. The van der Waals surface area contributed by atoms with Crippen LogP contribution in [-0.4, -0.2) is 30.5 Å². The van der Waals surface area contributed by atoms with Gasteiger partial charge in [0.05, 0.1) is 12.2 Å². The third-order valence-electron chi connectivity index (χ3n) is 4.99. The van der Waals surface area contributed by atoms with Crippen LogP contribution in [0, 0.1) is 0 Å². The molecule has 1 aliphatic carbocycles. The zero-order chi connectivity index (χ0) is 17.8. The number of nitrogens with one attached hydrogen (secondary N) is 3. The van der Waals surface area contributed by atoms with Crippen LogP contribution in [0.25, 0.3) is 0 Å². The Hall–Kier alpha value is -2.08. The summed E-state index contributed by atoms with van der Waals surface area (Å²) >= 11 is 0. The maximum Gasteiger partial charge on any atom is 0.265 e. The van der Waals surface area contributed by atoms with E-state index in [0.29, 0.717) is 30.4 Å². The second-order valence-electron chi connectivity index (χ2n) is 6.91. The summed E-state index contributed by atoms with van der Waals surface area (Å²) in [5, 5.41) is 9.21. The summed E-state index contributed by atoms with van der Waals surface area (Å²) in [6, 6.07) is 6.09. The van der Waals surface area contributed by atoms with Gasteiger partial charge in [0.25, 0.3) is 5.91 Å². The molecule has 0 unspecified atom stereocenters. The number of hydrogen-bond acceptors (Lipinski definition) is 4. The van der Waals surface area contributed by atoms with E-state index in [0.717, 1.165) is 18.4 Å². The highest BCUT2D eigenvalue weighted by Gasteiger charge is 2.26. The van der Waals surface area contributed by atoms with Crippen LogP contribution in [0.2, 0.25) is 0 Å². The summed E-state index contributed by atoms with van der Waals surface area (Å²) in [4.78, 5) is 23.9. The summed E-state index contributed by atoms with van der Waals surface area (Å²) < 4.78 is 5.78. The Morgan fingerprint density at radius 3 is 2.84 bits per heavy atom. The van der Waals surface area contributed by atoms with Gasteiger partial charge in [-0.3, -0.25) is 9.59 Å². The number of benzene rings is 1. The first-order valence-corrected chi connectivity index (χ1v) is 9.21. The van der Waals surface area contributed by atoms with Crippen molar-refractivity contribution in [1.82, 2.24) is 10.6 Å². The Morgan fingerprint density at radius 1 is 1.36 bits per heavy atom. The van der Waals surface area contributed by atoms with Crippen molar-refractivity contribution < 1.29 is 14.3 Å². The third-order valence-corrected chi connectivity index (χ3v) is 4.99. The van der Waals surface area contributed by atoms with Crippen LogP contribution in [0.15, 0.2) is 18.2 Å². The van der Waals surface area contributed by atoms with Gasteiger partial charge >= 0.3 is 0 Å². The van der Waals surface area contributed by atoms with Crippen LogP contribution in [0.1, 0.15) is 57.6 Å². The van der Waals surface area contributed by atoms with Gasteiger partial charge in [-0.15, -0.1) is 0 Å². The van der Waals surface area contributed by atoms with Crippen molar-refractivity contribution in [2.45, 2.75) is 64.1 Å². The van der Waals surface area contributed by atoms with E-state index in [2.05, 4.69) is 16.0 Å². The molecule has 6 nitrogen and oxygen atoms in total. The Bertz CT molecular complexity index is 641. The lowest BCUT2D eigenvalue weighted by atomic mass is 10.1. The molecule has 3 rings (SSSR count). The van der Waals surface area contributed by atoms with Crippen molar-refractivity contribution >= 4 is 17.5 Å². The molecule has 0 saturated heterocycles. The molecular weight excluding hydrogens is 318 g/mol. The Labute approximate surface area is 148 Å². The van der Waals surface area contributed by atoms with E-state index >= 15 is 0 Å². The lowest BCUT2D eigenvalue weighted by Crippen LogP contribution is -2.39. The fourth-order valence-electron chi connectivity index (χ4n) is 3.41. The fraction of sp³-hybridized carbons (Fsp3) is 0.579. The first-order chi connectivity index (χ1) is 12.1. The van der Waals surface area contributed by atoms with Gasteiger partial charge in [0.2, 0.25) is 5.91 Å². The maximum atomic E-state index is 12.0. The van der Waals surface area contributed by atoms with Crippen LogP contribution in [-0.2, 0) is 9.59 Å². The zero-order valence-electron chi connectivity index (χ0n) is 14.9. The minimum atomic E-state index is -0.441. The van der Waals surface area contributed by atoms with Crippen LogP contribution in [0.5, 0.6) is 5.75 Å². The molecule has 0 bridgehead atoms. The Balaban J connectivity index is 1.56. The molecule has 1 aromatic carbocycles. The van der Waals surface area contributed by atoms with E-state index in [9.17, 15) is 9.59 Å². The molecule has 25 heavy (non-hydrogen) atoms. The highest BCUT2D eigenvalue weighted by molar-refractivity contribution is 5.97. The monoisotopic (exact) mass is 345 g/mol. The lowest BCUT2D eigenvalue weighted by molar-refractivity contribution is -0.123.